The molecule has 1 spiro atoms. The number of carbonyl (C=O) groups is 2. The molecule has 21 heavy (non-hydrogen) atoms. The number of imide groups is 1. The van der Waals surface area contributed by atoms with Gasteiger partial charge in [0, 0.05) is 16.5 Å². The monoisotopic (exact) mass is 321 g/mol. The largest absolute Gasteiger partial charge is 0.274 e. The fourth-order valence-electron chi connectivity index (χ4n) is 4.09. The minimum Gasteiger partial charge on any atom is -0.274 e. The van der Waals surface area contributed by atoms with E-state index in [0.717, 1.165) is 12.8 Å². The zero-order valence-electron chi connectivity index (χ0n) is 11.2. The van der Waals surface area contributed by atoms with Gasteiger partial charge in [0.25, 0.3) is 0 Å². The molecule has 3 aliphatic rings. The third-order valence-corrected chi connectivity index (χ3v) is 5.40. The summed E-state index contributed by atoms with van der Waals surface area (Å²) < 4.78 is 0. The maximum Gasteiger partial charge on any atom is 0.241 e. The zero-order valence-corrected chi connectivity index (χ0v) is 12.7. The number of hydrogen-bond donors (Lipinski definition) is 0. The summed E-state index contributed by atoms with van der Waals surface area (Å²) in [5.74, 6) is 0.384. The summed E-state index contributed by atoms with van der Waals surface area (Å²) in [7, 11) is 0. The van der Waals surface area contributed by atoms with E-state index in [2.05, 4.69) is 12.2 Å². The van der Waals surface area contributed by atoms with Crippen LogP contribution >= 0.6 is 23.2 Å². The number of rotatable bonds is 1. The van der Waals surface area contributed by atoms with Crippen LogP contribution in [0.5, 0.6) is 0 Å². The van der Waals surface area contributed by atoms with E-state index in [-0.39, 0.29) is 17.7 Å². The van der Waals surface area contributed by atoms with E-state index in [1.807, 2.05) is 0 Å². The Morgan fingerprint density at radius 1 is 1.10 bits per heavy atom. The van der Waals surface area contributed by atoms with Crippen LogP contribution in [0.2, 0.25) is 10.0 Å². The normalized spacial score (nSPS) is 33.7. The predicted molar refractivity (Wildman–Crippen MR) is 81.4 cm³/mol. The highest BCUT2D eigenvalue weighted by Crippen LogP contribution is 2.58. The Morgan fingerprint density at radius 3 is 2.38 bits per heavy atom. The first-order valence-electron chi connectivity index (χ1n) is 7.01. The first kappa shape index (κ1) is 13.4. The van der Waals surface area contributed by atoms with Crippen molar-refractivity contribution in [3.8, 4) is 0 Å². The molecule has 2 aliphatic carbocycles. The predicted octanol–water partition coefficient (Wildman–Crippen LogP) is 3.84. The maximum atomic E-state index is 12.9. The van der Waals surface area contributed by atoms with Gasteiger partial charge in [-0.25, -0.2) is 4.90 Å². The summed E-state index contributed by atoms with van der Waals surface area (Å²) in [6.07, 6.45) is 6.34. The van der Waals surface area contributed by atoms with Crippen molar-refractivity contribution in [3.05, 3.63) is 40.4 Å². The molecule has 5 heteroatoms. The minimum atomic E-state index is -0.536. The van der Waals surface area contributed by atoms with Crippen molar-refractivity contribution >= 4 is 40.7 Å². The highest BCUT2D eigenvalue weighted by Gasteiger charge is 2.60. The van der Waals surface area contributed by atoms with Gasteiger partial charge < -0.3 is 0 Å². The molecule has 1 aromatic rings. The molecule has 2 fully saturated rings. The molecular formula is C16H13Cl2NO2. The van der Waals surface area contributed by atoms with Crippen LogP contribution in [0.3, 0.4) is 0 Å². The van der Waals surface area contributed by atoms with Crippen LogP contribution in [0.15, 0.2) is 30.4 Å². The van der Waals surface area contributed by atoms with Crippen LogP contribution < -0.4 is 4.90 Å². The van der Waals surface area contributed by atoms with Crippen molar-refractivity contribution in [2.45, 2.75) is 19.3 Å². The second kappa shape index (κ2) is 4.34. The van der Waals surface area contributed by atoms with Crippen LogP contribution in [0, 0.1) is 17.3 Å². The standard InChI is InChI=1S/C16H13Cl2NO2/c17-11-4-12(18)6-13(5-11)19-14(20)8-16(15(19)21)7-9-1-2-10(16)3-9/h1-2,4-6,9-10H,3,7-8H2/t9-,10-,16-/m1/s1. The molecule has 1 saturated heterocycles. The van der Waals surface area contributed by atoms with Crippen molar-refractivity contribution in [1.82, 2.24) is 0 Å². The molecule has 1 saturated carbocycles. The Bertz CT molecular complexity index is 679. The highest BCUT2D eigenvalue weighted by molar-refractivity contribution is 6.35. The fourth-order valence-corrected chi connectivity index (χ4v) is 4.61. The molecule has 0 unspecified atom stereocenters. The fraction of sp³-hybridized carbons (Fsp3) is 0.375. The van der Waals surface area contributed by atoms with Crippen molar-refractivity contribution in [2.24, 2.45) is 17.3 Å². The lowest BCUT2D eigenvalue weighted by Gasteiger charge is -2.28. The second-order valence-corrected chi connectivity index (χ2v) is 7.06. The quantitative estimate of drug-likeness (QED) is 0.582. The molecule has 4 rings (SSSR count). The molecule has 1 aliphatic heterocycles. The number of halogens is 2. The number of benzene rings is 1. The molecule has 0 N–H and O–H groups in total. The van der Waals surface area contributed by atoms with E-state index in [1.54, 1.807) is 18.2 Å². The summed E-state index contributed by atoms with van der Waals surface area (Å²) in [5, 5.41) is 0.846. The number of carbonyl (C=O) groups excluding carboxylic acids is 2. The smallest absolute Gasteiger partial charge is 0.241 e. The second-order valence-electron chi connectivity index (χ2n) is 6.19. The lowest BCUT2D eigenvalue weighted by atomic mass is 9.74. The number of nitrogens with zero attached hydrogens (tertiary/aromatic N) is 1. The van der Waals surface area contributed by atoms with Crippen LogP contribution in [0.1, 0.15) is 19.3 Å². The lowest BCUT2D eigenvalue weighted by Crippen LogP contribution is -2.38. The molecular weight excluding hydrogens is 309 g/mol. The molecule has 1 heterocycles. The Hall–Kier alpha value is -1.32. The van der Waals surface area contributed by atoms with E-state index in [0.29, 0.717) is 28.1 Å². The summed E-state index contributed by atoms with van der Waals surface area (Å²) in [4.78, 5) is 26.6. The van der Waals surface area contributed by atoms with Gasteiger partial charge in [-0.1, -0.05) is 35.4 Å². The number of amides is 2. The van der Waals surface area contributed by atoms with Gasteiger partial charge in [0.15, 0.2) is 0 Å². The molecule has 2 amide bonds. The summed E-state index contributed by atoms with van der Waals surface area (Å²) >= 11 is 12.0. The van der Waals surface area contributed by atoms with E-state index in [9.17, 15) is 9.59 Å². The van der Waals surface area contributed by atoms with Gasteiger partial charge in [-0.3, -0.25) is 9.59 Å². The Kier molecular flexibility index (Phi) is 2.76. The lowest BCUT2D eigenvalue weighted by molar-refractivity contribution is -0.126. The Morgan fingerprint density at radius 2 is 1.81 bits per heavy atom. The third-order valence-electron chi connectivity index (χ3n) is 4.96. The number of allylic oxidation sites excluding steroid dienone is 2. The summed E-state index contributed by atoms with van der Waals surface area (Å²) in [5.41, 5.74) is -0.0585. The van der Waals surface area contributed by atoms with Gasteiger partial charge in [-0.05, 0) is 42.9 Å². The van der Waals surface area contributed by atoms with Gasteiger partial charge in [0.2, 0.25) is 11.8 Å². The SMILES string of the molecule is O=C1C[C@@]2(C[C@@H]3C=C[C@@H]2C3)C(=O)N1c1cc(Cl)cc(Cl)c1. The summed E-state index contributed by atoms with van der Waals surface area (Å²) in [6.45, 7) is 0. The molecule has 2 bridgehead atoms. The Labute approximate surface area is 132 Å². The van der Waals surface area contributed by atoms with Gasteiger partial charge in [-0.15, -0.1) is 0 Å². The van der Waals surface area contributed by atoms with E-state index in [1.165, 1.54) is 4.90 Å². The number of hydrogen-bond acceptors (Lipinski definition) is 2. The molecule has 1 aromatic carbocycles. The molecule has 0 radical (unpaired) electrons. The van der Waals surface area contributed by atoms with Crippen LogP contribution in [-0.2, 0) is 9.59 Å². The van der Waals surface area contributed by atoms with Gasteiger partial charge >= 0.3 is 0 Å². The van der Waals surface area contributed by atoms with Gasteiger partial charge in [0.05, 0.1) is 11.1 Å². The molecule has 3 nitrogen and oxygen atoms in total. The van der Waals surface area contributed by atoms with E-state index >= 15 is 0 Å². The third kappa shape index (κ3) is 1.80. The van der Waals surface area contributed by atoms with Crippen LogP contribution in [-0.4, -0.2) is 11.8 Å². The van der Waals surface area contributed by atoms with Crippen LogP contribution in [0.4, 0.5) is 5.69 Å². The van der Waals surface area contributed by atoms with Gasteiger partial charge in [0.1, 0.15) is 0 Å². The average molecular weight is 322 g/mol. The summed E-state index contributed by atoms with van der Waals surface area (Å²) in [6, 6.07) is 4.82. The van der Waals surface area contributed by atoms with Crippen molar-refractivity contribution in [1.29, 1.82) is 0 Å². The van der Waals surface area contributed by atoms with Crippen molar-refractivity contribution in [2.75, 3.05) is 4.90 Å². The van der Waals surface area contributed by atoms with Crippen molar-refractivity contribution in [3.63, 3.8) is 0 Å². The van der Waals surface area contributed by atoms with E-state index < -0.39 is 5.41 Å². The molecule has 3 atom stereocenters. The molecule has 108 valence electrons. The first-order chi connectivity index (χ1) is 9.99. The van der Waals surface area contributed by atoms with Gasteiger partial charge in [-0.2, -0.15) is 0 Å². The zero-order chi connectivity index (χ0) is 14.8. The maximum absolute atomic E-state index is 12.9. The number of anilines is 1. The molecule has 0 aromatic heterocycles. The number of fused-ring (bicyclic) bond motifs is 3. The average Bonchev–Trinajstić information content (AvgIpc) is 3.03. The van der Waals surface area contributed by atoms with Crippen molar-refractivity contribution < 1.29 is 9.59 Å². The highest BCUT2D eigenvalue weighted by atomic mass is 35.5. The Balaban J connectivity index is 1.76. The first-order valence-corrected chi connectivity index (χ1v) is 7.77. The topological polar surface area (TPSA) is 37.4 Å². The van der Waals surface area contributed by atoms with Crippen LogP contribution in [0.25, 0.3) is 0 Å². The van der Waals surface area contributed by atoms with E-state index in [4.69, 9.17) is 23.2 Å². The minimum absolute atomic E-state index is 0.0947.